The summed E-state index contributed by atoms with van der Waals surface area (Å²) >= 11 is 0. The van der Waals surface area contributed by atoms with Crippen LogP contribution >= 0.6 is 0 Å². The molecule has 0 unspecified atom stereocenters. The Labute approximate surface area is 165 Å². The first-order chi connectivity index (χ1) is 13.6. The normalized spacial score (nSPS) is 10.9. The van der Waals surface area contributed by atoms with Crippen molar-refractivity contribution in [3.8, 4) is 0 Å². The van der Waals surface area contributed by atoms with Crippen molar-refractivity contribution in [3.05, 3.63) is 89.8 Å². The molecule has 4 heteroatoms. The van der Waals surface area contributed by atoms with Gasteiger partial charge in [-0.1, -0.05) is 49.4 Å². The maximum Gasteiger partial charge on any atom is 0.209 e. The van der Waals surface area contributed by atoms with Gasteiger partial charge in [-0.05, 0) is 50.2 Å². The van der Waals surface area contributed by atoms with Gasteiger partial charge in [-0.25, -0.2) is 0 Å². The first-order valence-electron chi connectivity index (χ1n) is 9.71. The molecule has 0 aliphatic carbocycles. The molecule has 0 aliphatic heterocycles. The van der Waals surface area contributed by atoms with Crippen LogP contribution in [0.1, 0.15) is 52.6 Å². The number of rotatable bonds is 10. The number of fused-ring (bicyclic) bond motifs is 1. The summed E-state index contributed by atoms with van der Waals surface area (Å²) in [6.07, 6.45) is 4.00. The van der Waals surface area contributed by atoms with E-state index in [1.54, 1.807) is 18.2 Å². The molecule has 0 aliphatic rings. The van der Waals surface area contributed by atoms with Crippen molar-refractivity contribution in [2.45, 2.75) is 26.2 Å². The van der Waals surface area contributed by atoms with E-state index in [9.17, 15) is 9.59 Å². The molecule has 4 nitrogen and oxygen atoms in total. The highest BCUT2D eigenvalue weighted by Crippen LogP contribution is 2.19. The number of Topliss-reactive ketones (excluding diaryl/α,β-unsaturated/α-hetero) is 1. The number of nitrogens with one attached hydrogen (secondary N) is 1. The molecule has 0 atom stereocenters. The van der Waals surface area contributed by atoms with Gasteiger partial charge in [-0.15, -0.1) is 0 Å². The van der Waals surface area contributed by atoms with E-state index in [1.165, 1.54) is 0 Å². The Balaban J connectivity index is 1.81. The third-order valence-electron chi connectivity index (χ3n) is 4.72. The Bertz CT molecular complexity index is 986. The summed E-state index contributed by atoms with van der Waals surface area (Å²) in [6.45, 7) is 7.96. The van der Waals surface area contributed by atoms with Gasteiger partial charge in [0.2, 0.25) is 5.78 Å². The molecule has 3 aromatic rings. The van der Waals surface area contributed by atoms with Gasteiger partial charge in [0, 0.05) is 29.3 Å². The number of carbonyl (C=O) groups is 2. The van der Waals surface area contributed by atoms with E-state index in [0.29, 0.717) is 23.2 Å². The average Bonchev–Trinajstić information content (AvgIpc) is 3.19. The van der Waals surface area contributed by atoms with E-state index in [2.05, 4.69) is 18.8 Å². The van der Waals surface area contributed by atoms with Gasteiger partial charge in [0.1, 0.15) is 0 Å². The summed E-state index contributed by atoms with van der Waals surface area (Å²) in [7, 11) is 0. The summed E-state index contributed by atoms with van der Waals surface area (Å²) in [5.41, 5.74) is 3.38. The fourth-order valence-corrected chi connectivity index (χ4v) is 3.21. The molecule has 0 saturated carbocycles. The molecular weight excluding hydrogens is 348 g/mol. The molecule has 3 rings (SSSR count). The molecule has 1 aromatic carbocycles. The predicted octanol–water partition coefficient (Wildman–Crippen LogP) is 4.69. The van der Waals surface area contributed by atoms with Gasteiger partial charge in [0.05, 0.1) is 5.69 Å². The fourth-order valence-electron chi connectivity index (χ4n) is 3.21. The van der Waals surface area contributed by atoms with E-state index in [1.807, 2.05) is 47.0 Å². The van der Waals surface area contributed by atoms with Gasteiger partial charge in [-0.3, -0.25) is 9.59 Å². The largest absolute Gasteiger partial charge is 0.316 e. The van der Waals surface area contributed by atoms with E-state index >= 15 is 0 Å². The summed E-state index contributed by atoms with van der Waals surface area (Å²) in [5, 5.41) is 3.32. The second-order valence-corrected chi connectivity index (χ2v) is 6.98. The summed E-state index contributed by atoms with van der Waals surface area (Å²) < 4.78 is 1.83. The third kappa shape index (κ3) is 4.65. The van der Waals surface area contributed by atoms with Gasteiger partial charge < -0.3 is 9.72 Å². The smallest absolute Gasteiger partial charge is 0.209 e. The second-order valence-electron chi connectivity index (χ2n) is 6.98. The lowest BCUT2D eigenvalue weighted by molar-refractivity contribution is 0.0992. The maximum atomic E-state index is 13.0. The number of hydrogen-bond donors (Lipinski definition) is 1. The highest BCUT2D eigenvalue weighted by atomic mass is 16.1. The van der Waals surface area contributed by atoms with Crippen molar-refractivity contribution in [3.63, 3.8) is 0 Å². The molecule has 0 bridgehead atoms. The SMILES string of the molecule is C=C(CCNCCC)CC(=O)c1cc(C(=O)c2ccccc2)n2cccc2c1. The zero-order valence-electron chi connectivity index (χ0n) is 16.3. The van der Waals surface area contributed by atoms with Crippen molar-refractivity contribution in [1.29, 1.82) is 0 Å². The Hall–Kier alpha value is -2.98. The lowest BCUT2D eigenvalue weighted by atomic mass is 10.00. The maximum absolute atomic E-state index is 13.0. The lowest BCUT2D eigenvalue weighted by Gasteiger charge is -2.10. The molecule has 28 heavy (non-hydrogen) atoms. The van der Waals surface area contributed by atoms with Crippen LogP contribution in [0.25, 0.3) is 5.52 Å². The molecule has 0 saturated heterocycles. The summed E-state index contributed by atoms with van der Waals surface area (Å²) in [5.74, 6) is -0.106. The molecule has 144 valence electrons. The first-order valence-corrected chi connectivity index (χ1v) is 9.71. The number of hydrogen-bond acceptors (Lipinski definition) is 3. The van der Waals surface area contributed by atoms with Crippen LogP contribution in [0.5, 0.6) is 0 Å². The van der Waals surface area contributed by atoms with E-state index in [4.69, 9.17) is 0 Å². The van der Waals surface area contributed by atoms with Crippen molar-refractivity contribution < 1.29 is 9.59 Å². The Morgan fingerprint density at radius 2 is 1.79 bits per heavy atom. The van der Waals surface area contributed by atoms with E-state index in [0.717, 1.165) is 37.0 Å². The quantitative estimate of drug-likeness (QED) is 0.318. The molecule has 0 spiro atoms. The van der Waals surface area contributed by atoms with Crippen LogP contribution in [0.15, 0.2) is 72.9 Å². The molecule has 0 radical (unpaired) electrons. The van der Waals surface area contributed by atoms with Crippen molar-refractivity contribution in [2.75, 3.05) is 13.1 Å². The zero-order chi connectivity index (χ0) is 19.9. The fraction of sp³-hybridized carbons (Fsp3) is 0.250. The predicted molar refractivity (Wildman–Crippen MR) is 113 cm³/mol. The number of carbonyl (C=O) groups excluding carboxylic acids is 2. The highest BCUT2D eigenvalue weighted by molar-refractivity contribution is 6.10. The van der Waals surface area contributed by atoms with E-state index < -0.39 is 0 Å². The Morgan fingerprint density at radius 3 is 2.54 bits per heavy atom. The average molecular weight is 374 g/mol. The summed E-state index contributed by atoms with van der Waals surface area (Å²) in [6, 6.07) is 16.5. The number of aromatic nitrogens is 1. The highest BCUT2D eigenvalue weighted by Gasteiger charge is 2.17. The van der Waals surface area contributed by atoms with Crippen LogP contribution in [0.4, 0.5) is 0 Å². The van der Waals surface area contributed by atoms with E-state index in [-0.39, 0.29) is 11.6 Å². The molecular formula is C24H26N2O2. The van der Waals surface area contributed by atoms with Crippen molar-refractivity contribution in [1.82, 2.24) is 9.72 Å². The molecule has 2 heterocycles. The molecule has 2 aromatic heterocycles. The van der Waals surface area contributed by atoms with Crippen LogP contribution < -0.4 is 5.32 Å². The number of pyridine rings is 1. The van der Waals surface area contributed by atoms with Crippen LogP contribution in [0.2, 0.25) is 0 Å². The molecule has 1 N–H and O–H groups in total. The Kier molecular flexibility index (Phi) is 6.56. The van der Waals surface area contributed by atoms with Crippen LogP contribution in [0, 0.1) is 0 Å². The second kappa shape index (κ2) is 9.29. The minimum Gasteiger partial charge on any atom is -0.316 e. The summed E-state index contributed by atoms with van der Waals surface area (Å²) in [4.78, 5) is 25.8. The topological polar surface area (TPSA) is 50.6 Å². The minimum absolute atomic E-state index is 0.00805. The van der Waals surface area contributed by atoms with Crippen LogP contribution in [-0.2, 0) is 0 Å². The number of ketones is 2. The Morgan fingerprint density at radius 1 is 1.00 bits per heavy atom. The molecule has 0 amide bonds. The van der Waals surface area contributed by atoms with Gasteiger partial charge in [0.15, 0.2) is 5.78 Å². The third-order valence-corrected chi connectivity index (χ3v) is 4.72. The first kappa shape index (κ1) is 19.8. The van der Waals surface area contributed by atoms with Crippen molar-refractivity contribution >= 4 is 17.1 Å². The van der Waals surface area contributed by atoms with Gasteiger partial charge in [0.25, 0.3) is 0 Å². The van der Waals surface area contributed by atoms with Gasteiger partial charge in [-0.2, -0.15) is 0 Å². The van der Waals surface area contributed by atoms with Crippen LogP contribution in [-0.4, -0.2) is 29.1 Å². The number of nitrogens with zero attached hydrogens (tertiary/aromatic N) is 1. The minimum atomic E-state index is -0.0981. The number of benzene rings is 1. The lowest BCUT2D eigenvalue weighted by Crippen LogP contribution is -2.17. The standard InChI is InChI=1S/C24H26N2O2/c1-3-12-25-13-11-18(2)15-23(27)20-16-21-10-7-14-26(21)22(17-20)24(28)19-8-5-4-6-9-19/h4-10,14,16-17,25H,2-3,11-13,15H2,1H3. The van der Waals surface area contributed by atoms with Crippen molar-refractivity contribution in [2.24, 2.45) is 0 Å². The monoisotopic (exact) mass is 374 g/mol. The molecule has 0 fully saturated rings. The zero-order valence-corrected chi connectivity index (χ0v) is 16.3. The van der Waals surface area contributed by atoms with Gasteiger partial charge >= 0.3 is 0 Å². The van der Waals surface area contributed by atoms with Crippen LogP contribution in [0.3, 0.4) is 0 Å².